The SMILES string of the molecule is C[C@H](N)C(=O)NCC(=O)N[C@@H](C[Se])C(=O)N[C@@H](CCCCN)C(=O)N[C@@H](CC(N)=O)C(=O)N[C@@H](Cc1ccccc1)C(=O)N[C@@H](Cc1ccccc1)C(=O)N[C@H](Cc1c[nH]c2ccccc12)C(=O)N[C@@H](CCCCN)C(=O)N[C@H](C(=O)N[C@@H](Cc1ccccc1)C(=O)N[C@H](C(=O)N[C@@H](CO)C(=O)N[C@@H](C[Se])C(=O)O)[C@@H](C)O)[C@@H](C)O. The second-order valence-corrected chi connectivity index (χ2v) is 28.8. The second-order valence-electron chi connectivity index (χ2n) is 27.4. The Bertz CT molecular complexity index is 4090. The van der Waals surface area contributed by atoms with E-state index in [0.29, 0.717) is 46.0 Å². The van der Waals surface area contributed by atoms with Gasteiger partial charge in [0.2, 0.25) is 23.6 Å². The number of unbranched alkanes of at least 4 members (excludes halogenated alkanes) is 2. The van der Waals surface area contributed by atoms with Gasteiger partial charge in [-0.2, -0.15) is 0 Å². The number of amides is 14. The van der Waals surface area contributed by atoms with Crippen molar-refractivity contribution in [2.45, 2.75) is 193 Å². The minimum absolute atomic E-state index is 0.0618. The Morgan fingerprint density at radius 3 is 1.17 bits per heavy atom. The van der Waals surface area contributed by atoms with Crippen LogP contribution >= 0.6 is 0 Å². The molecular formula is C76H104N18O19Se2. The topological polar surface area (TPSA) is 613 Å². The zero-order valence-corrected chi connectivity index (χ0v) is 67.2. The van der Waals surface area contributed by atoms with Crippen molar-refractivity contribution in [1.29, 1.82) is 0 Å². The Morgan fingerprint density at radius 1 is 0.409 bits per heavy atom. The van der Waals surface area contributed by atoms with Crippen molar-refractivity contribution in [3.63, 3.8) is 0 Å². The number of aliphatic hydroxyl groups excluding tert-OH is 3. The van der Waals surface area contributed by atoms with Crippen LogP contribution in [0.1, 0.15) is 88.0 Å². The van der Waals surface area contributed by atoms with E-state index in [9.17, 15) is 78.0 Å². The molecule has 39 heteroatoms. The minimum Gasteiger partial charge on any atom is -0.391 e. The van der Waals surface area contributed by atoms with Gasteiger partial charge in [-0.1, -0.05) is 109 Å². The molecule has 26 N–H and O–H groups in total. The number of carboxylic acid groups (broad SMARTS) is 1. The van der Waals surface area contributed by atoms with Crippen LogP contribution in [0.5, 0.6) is 0 Å². The number of carbonyl (C=O) groups is 15. The number of carbonyl (C=O) groups excluding carboxylic acids is 14. The van der Waals surface area contributed by atoms with E-state index in [2.05, 4.69) is 106 Å². The number of benzene rings is 4. The first kappa shape index (κ1) is 94.9. The molecule has 5 aromatic rings. The first-order valence-corrected chi connectivity index (χ1v) is 39.6. The summed E-state index contributed by atoms with van der Waals surface area (Å²) in [6, 6.07) is 11.2. The molecule has 0 unspecified atom stereocenters. The molecule has 5 rings (SSSR count). The van der Waals surface area contributed by atoms with Gasteiger partial charge in [-0.15, -0.1) is 0 Å². The summed E-state index contributed by atoms with van der Waals surface area (Å²) in [5.41, 5.74) is 25.5. The molecule has 0 spiro atoms. The van der Waals surface area contributed by atoms with E-state index >= 15 is 14.4 Å². The summed E-state index contributed by atoms with van der Waals surface area (Å²) in [5, 5.41) is 74.3. The minimum atomic E-state index is -1.91. The molecule has 1 aromatic heterocycles. The van der Waals surface area contributed by atoms with Gasteiger partial charge < -0.3 is 37.1 Å². The smallest absolute Gasteiger partial charge is 0.0804 e. The maximum atomic E-state index is 15.4. The fourth-order valence-electron chi connectivity index (χ4n) is 11.7. The quantitative estimate of drug-likeness (QED) is 0.0127. The number of aromatic nitrogens is 1. The van der Waals surface area contributed by atoms with Crippen LogP contribution in [0.25, 0.3) is 10.9 Å². The van der Waals surface area contributed by atoms with Gasteiger partial charge in [0, 0.05) is 29.9 Å². The molecule has 14 amide bonds. The number of aliphatic hydroxyl groups is 3. The Labute approximate surface area is 680 Å². The predicted octanol–water partition coefficient (Wildman–Crippen LogP) is -6.14. The van der Waals surface area contributed by atoms with E-state index in [1.54, 1.807) is 121 Å². The molecule has 4 aromatic carbocycles. The van der Waals surface area contributed by atoms with Crippen LogP contribution in [-0.2, 0) is 97.6 Å². The largest absolute Gasteiger partial charge is 0.391 e. The van der Waals surface area contributed by atoms with E-state index in [4.69, 9.17) is 22.9 Å². The average Bonchev–Trinajstić information content (AvgIpc) is 1.73. The summed E-state index contributed by atoms with van der Waals surface area (Å²) in [6.45, 7) is 2.40. The molecule has 115 heavy (non-hydrogen) atoms. The van der Waals surface area contributed by atoms with Gasteiger partial charge in [-0.05, 0) is 61.1 Å². The van der Waals surface area contributed by atoms with Crippen LogP contribution in [0.4, 0.5) is 0 Å². The number of fused-ring (bicyclic) bond motifs is 1. The molecule has 0 bridgehead atoms. The standard InChI is InChI=1S/C76H104N18O19Se2/c1-41(79)64(100)82-37-61(99)83-58(39-114)73(109)85-50(27-15-17-29-77)65(101)89-56(35-60(80)98)70(106)87-52(31-44-19-7-4-8-20-44)67(103)86-53(32-45-21-9-5-10-22-45)68(104)88-55(34-47-36-81-49-26-14-13-25-48(47)49)69(105)84-51(28-16-18-30-78)66(102)93-62(42(2)96)74(110)90-54(33-46-23-11-6-12-24-46)71(107)94-63(43(3)97)75(111)91-57(38-95)72(108)92-59(40-115)76(112)113/h4-14,19-26,36,41-43,50-59,62-63,81,95-97H,15-18,27-35,37-40,77-79H2,1-3H3,(H2,80,98)(H,82,100)(H,83,99)(H,84,105)(H,85,109)(H,86,103)(H,87,106)(H,88,104)(H,89,101)(H,90,110)(H,91,111)(H,92,108)(H,93,102)(H,94,107)(H,112,113)/t41-,42+,43+,50-,51-,52-,53-,54-,55+,56-,57-,58-,59-,62-,63-/m0/s1. The van der Waals surface area contributed by atoms with Gasteiger partial charge in [-0.25, -0.2) is 0 Å². The second kappa shape index (κ2) is 49.1. The molecule has 624 valence electrons. The van der Waals surface area contributed by atoms with Gasteiger partial charge in [-0.3, -0.25) is 24.0 Å². The number of hydrogen-bond donors (Lipinski definition) is 22. The Balaban J connectivity index is 1.47. The van der Waals surface area contributed by atoms with Crippen molar-refractivity contribution in [1.82, 2.24) is 74.1 Å². The number of aromatic amines is 1. The summed E-state index contributed by atoms with van der Waals surface area (Å²) in [7, 11) is 0. The van der Waals surface area contributed by atoms with E-state index in [1.165, 1.54) is 6.92 Å². The molecular weight excluding hydrogens is 1630 g/mol. The average molecular weight is 1730 g/mol. The van der Waals surface area contributed by atoms with Crippen molar-refractivity contribution in [2.75, 3.05) is 26.2 Å². The number of nitrogens with two attached hydrogens (primary N) is 4. The molecule has 15 atom stereocenters. The molecule has 1 heterocycles. The molecule has 0 saturated heterocycles. The van der Waals surface area contributed by atoms with Gasteiger partial charge in [0.1, 0.15) is 24.2 Å². The number of nitrogens with one attached hydrogen (secondary N) is 14. The Kier molecular flexibility index (Phi) is 40.5. The summed E-state index contributed by atoms with van der Waals surface area (Å²) in [6.07, 6.45) is -2.91. The van der Waals surface area contributed by atoms with Crippen molar-refractivity contribution >= 4 is 132 Å². The van der Waals surface area contributed by atoms with Crippen LogP contribution in [0, 0.1) is 0 Å². The number of hydrogen-bond acceptors (Lipinski definition) is 21. The van der Waals surface area contributed by atoms with E-state index < -0.39 is 199 Å². The number of para-hydroxylation sites is 1. The van der Waals surface area contributed by atoms with Gasteiger partial charge in [0.15, 0.2) is 0 Å². The normalized spacial score (nSPS) is 15.1. The number of primary amides is 1. The van der Waals surface area contributed by atoms with Crippen LogP contribution in [0.15, 0.2) is 121 Å². The van der Waals surface area contributed by atoms with Crippen LogP contribution in [0.3, 0.4) is 0 Å². The maximum Gasteiger partial charge on any atom is 0.0804 e. The molecule has 0 saturated carbocycles. The predicted molar refractivity (Wildman–Crippen MR) is 421 cm³/mol. The summed E-state index contributed by atoms with van der Waals surface area (Å²) in [4.78, 5) is 211. The first-order chi connectivity index (χ1) is 54.8. The molecule has 37 nitrogen and oxygen atoms in total. The third-order valence-corrected chi connectivity index (χ3v) is 19.5. The number of rotatable bonds is 50. The van der Waals surface area contributed by atoms with Crippen molar-refractivity contribution in [3.05, 3.63) is 144 Å². The van der Waals surface area contributed by atoms with E-state index in [0.717, 1.165) is 13.8 Å². The zero-order valence-electron chi connectivity index (χ0n) is 63.8. The summed E-state index contributed by atoms with van der Waals surface area (Å²) >= 11 is 5.11. The van der Waals surface area contributed by atoms with E-state index in [1.807, 2.05) is 0 Å². The summed E-state index contributed by atoms with van der Waals surface area (Å²) < 4.78 is 0. The van der Waals surface area contributed by atoms with Gasteiger partial charge in [0.05, 0.1) is 6.10 Å². The molecule has 0 aliphatic heterocycles. The Morgan fingerprint density at radius 2 is 0.757 bits per heavy atom. The van der Waals surface area contributed by atoms with Crippen LogP contribution in [-0.4, -0.2) is 263 Å². The van der Waals surface area contributed by atoms with Gasteiger partial charge in [0.25, 0.3) is 0 Å². The third-order valence-electron chi connectivity index (χ3n) is 18.1. The third kappa shape index (κ3) is 31.9. The maximum absolute atomic E-state index is 15.4. The number of H-pyrrole nitrogens is 1. The summed E-state index contributed by atoms with van der Waals surface area (Å²) in [5.74, 6) is -15.5. The van der Waals surface area contributed by atoms with Crippen molar-refractivity contribution in [3.8, 4) is 0 Å². The number of aliphatic carboxylic acids is 1. The Hall–Kier alpha value is -10.7. The van der Waals surface area contributed by atoms with Crippen molar-refractivity contribution in [2.24, 2.45) is 22.9 Å². The van der Waals surface area contributed by atoms with Crippen molar-refractivity contribution < 1.29 is 92.3 Å². The number of carboxylic acids is 1. The van der Waals surface area contributed by atoms with E-state index in [-0.39, 0.29) is 75.1 Å². The monoisotopic (exact) mass is 1730 g/mol. The fraction of sp³-hybridized carbons (Fsp3) is 0.461. The van der Waals surface area contributed by atoms with Crippen LogP contribution < -0.4 is 92.1 Å². The molecule has 0 aliphatic rings. The molecule has 0 aliphatic carbocycles. The zero-order chi connectivity index (χ0) is 84.8. The molecule has 0 fully saturated rings. The van der Waals surface area contributed by atoms with Gasteiger partial charge >= 0.3 is 369 Å². The molecule has 2 radical (unpaired) electrons. The van der Waals surface area contributed by atoms with Crippen LogP contribution in [0.2, 0.25) is 10.6 Å². The first-order valence-electron chi connectivity index (χ1n) is 37.2. The fourth-order valence-corrected chi connectivity index (χ4v) is 12.7.